The molecular formula is C11H21NO2S. The van der Waals surface area contributed by atoms with E-state index in [0.717, 1.165) is 18.8 Å². The van der Waals surface area contributed by atoms with Gasteiger partial charge in [-0.1, -0.05) is 19.8 Å². The van der Waals surface area contributed by atoms with E-state index in [0.29, 0.717) is 17.5 Å². The predicted molar refractivity (Wildman–Crippen MR) is 61.6 cm³/mol. The Morgan fingerprint density at radius 3 is 2.53 bits per heavy atom. The highest BCUT2D eigenvalue weighted by atomic mass is 32.2. The van der Waals surface area contributed by atoms with Gasteiger partial charge in [0.2, 0.25) is 0 Å². The predicted octanol–water partition coefficient (Wildman–Crippen LogP) is 1.34. The molecule has 0 amide bonds. The average molecular weight is 231 g/mol. The number of sulfone groups is 1. The molecule has 0 radical (unpaired) electrons. The van der Waals surface area contributed by atoms with Crippen molar-refractivity contribution in [3.8, 4) is 0 Å². The maximum atomic E-state index is 11.3. The summed E-state index contributed by atoms with van der Waals surface area (Å²) in [5.74, 6) is 1.65. The van der Waals surface area contributed by atoms with Crippen LogP contribution in [0.3, 0.4) is 0 Å². The lowest BCUT2D eigenvalue weighted by Gasteiger charge is -2.20. The van der Waals surface area contributed by atoms with E-state index in [2.05, 4.69) is 12.2 Å². The Bertz CT molecular complexity index is 309. The van der Waals surface area contributed by atoms with Crippen molar-refractivity contribution in [1.29, 1.82) is 0 Å². The van der Waals surface area contributed by atoms with Crippen LogP contribution in [-0.4, -0.2) is 32.0 Å². The first-order valence-electron chi connectivity index (χ1n) is 6.05. The van der Waals surface area contributed by atoms with Crippen LogP contribution in [0, 0.1) is 5.92 Å². The average Bonchev–Trinajstić information content (AvgIpc) is 2.91. The fourth-order valence-corrected chi connectivity index (χ4v) is 4.05. The maximum absolute atomic E-state index is 11.3. The van der Waals surface area contributed by atoms with Crippen molar-refractivity contribution in [1.82, 2.24) is 5.32 Å². The van der Waals surface area contributed by atoms with Crippen molar-refractivity contribution in [3.63, 3.8) is 0 Å². The van der Waals surface area contributed by atoms with E-state index in [4.69, 9.17) is 0 Å². The van der Waals surface area contributed by atoms with E-state index in [1.54, 1.807) is 0 Å². The van der Waals surface area contributed by atoms with Gasteiger partial charge in [0.15, 0.2) is 9.84 Å². The van der Waals surface area contributed by atoms with Crippen LogP contribution in [0.1, 0.15) is 39.0 Å². The zero-order valence-corrected chi connectivity index (χ0v) is 10.2. The molecule has 0 bridgehead atoms. The normalized spacial score (nSPS) is 31.7. The third-order valence-electron chi connectivity index (χ3n) is 3.51. The van der Waals surface area contributed by atoms with Crippen LogP contribution in [0.4, 0.5) is 0 Å². The van der Waals surface area contributed by atoms with E-state index in [9.17, 15) is 8.42 Å². The van der Waals surface area contributed by atoms with Gasteiger partial charge in [-0.3, -0.25) is 0 Å². The van der Waals surface area contributed by atoms with Crippen LogP contribution < -0.4 is 5.32 Å². The van der Waals surface area contributed by atoms with Crippen molar-refractivity contribution < 1.29 is 8.42 Å². The molecule has 1 heterocycles. The lowest BCUT2D eigenvalue weighted by Crippen LogP contribution is -2.39. The van der Waals surface area contributed by atoms with Gasteiger partial charge in [0, 0.05) is 12.1 Å². The minimum Gasteiger partial charge on any atom is -0.310 e. The molecule has 2 fully saturated rings. The summed E-state index contributed by atoms with van der Waals surface area (Å²) in [7, 11) is -2.72. The lowest BCUT2D eigenvalue weighted by molar-refractivity contribution is 0.401. The second-order valence-corrected chi connectivity index (χ2v) is 7.28. The van der Waals surface area contributed by atoms with Gasteiger partial charge in [-0.2, -0.15) is 0 Å². The number of nitrogens with one attached hydrogen (secondary N) is 1. The Kier molecular flexibility index (Phi) is 3.36. The molecule has 2 rings (SSSR count). The summed E-state index contributed by atoms with van der Waals surface area (Å²) in [5, 5.41) is 3.51. The highest BCUT2D eigenvalue weighted by Crippen LogP contribution is 2.34. The molecule has 0 aromatic heterocycles. The molecule has 2 atom stereocenters. The fraction of sp³-hybridized carbons (Fsp3) is 1.00. The number of hydrogen-bond donors (Lipinski definition) is 1. The number of rotatable bonds is 5. The topological polar surface area (TPSA) is 46.2 Å². The summed E-state index contributed by atoms with van der Waals surface area (Å²) in [4.78, 5) is 0. The van der Waals surface area contributed by atoms with Crippen molar-refractivity contribution in [2.24, 2.45) is 5.92 Å². The first-order chi connectivity index (χ1) is 7.09. The van der Waals surface area contributed by atoms with Gasteiger partial charge in [-0.05, 0) is 25.2 Å². The molecular weight excluding hydrogens is 210 g/mol. The van der Waals surface area contributed by atoms with Crippen LogP contribution in [0.25, 0.3) is 0 Å². The van der Waals surface area contributed by atoms with Gasteiger partial charge in [0.1, 0.15) is 0 Å². The van der Waals surface area contributed by atoms with Gasteiger partial charge in [-0.15, -0.1) is 0 Å². The SMILES string of the molecule is CCC(CC1CC1)NC1CCS(=O)(=O)C1. The molecule has 4 heteroatoms. The van der Waals surface area contributed by atoms with Gasteiger partial charge in [-0.25, -0.2) is 8.42 Å². The van der Waals surface area contributed by atoms with E-state index >= 15 is 0 Å². The smallest absolute Gasteiger partial charge is 0.151 e. The van der Waals surface area contributed by atoms with Gasteiger partial charge >= 0.3 is 0 Å². The van der Waals surface area contributed by atoms with Crippen molar-refractivity contribution >= 4 is 9.84 Å². The first kappa shape index (κ1) is 11.4. The molecule has 1 N–H and O–H groups in total. The van der Waals surface area contributed by atoms with Gasteiger partial charge < -0.3 is 5.32 Å². The Morgan fingerprint density at radius 1 is 1.33 bits per heavy atom. The van der Waals surface area contributed by atoms with Crippen molar-refractivity contribution in [2.45, 2.75) is 51.1 Å². The van der Waals surface area contributed by atoms with Gasteiger partial charge in [0.25, 0.3) is 0 Å². The Morgan fingerprint density at radius 2 is 2.07 bits per heavy atom. The van der Waals surface area contributed by atoms with E-state index in [1.165, 1.54) is 19.3 Å². The first-order valence-corrected chi connectivity index (χ1v) is 7.87. The zero-order valence-electron chi connectivity index (χ0n) is 9.41. The summed E-state index contributed by atoms with van der Waals surface area (Å²) >= 11 is 0. The standard InChI is InChI=1S/C11H21NO2S/c1-2-10(7-9-3-4-9)12-11-5-6-15(13,14)8-11/h9-12H,2-8H2,1H3. The van der Waals surface area contributed by atoms with Gasteiger partial charge in [0.05, 0.1) is 11.5 Å². The largest absolute Gasteiger partial charge is 0.310 e. The summed E-state index contributed by atoms with van der Waals surface area (Å²) in [5.41, 5.74) is 0. The highest BCUT2D eigenvalue weighted by Gasteiger charge is 2.31. The van der Waals surface area contributed by atoms with Crippen molar-refractivity contribution in [3.05, 3.63) is 0 Å². The molecule has 3 nitrogen and oxygen atoms in total. The molecule has 0 aromatic carbocycles. The van der Waals surface area contributed by atoms with Crippen LogP contribution >= 0.6 is 0 Å². The van der Waals surface area contributed by atoms with E-state index in [1.807, 2.05) is 0 Å². The Labute approximate surface area is 92.6 Å². The molecule has 1 aliphatic heterocycles. The van der Waals surface area contributed by atoms with Crippen LogP contribution in [0.2, 0.25) is 0 Å². The summed E-state index contributed by atoms with van der Waals surface area (Å²) < 4.78 is 22.6. The number of hydrogen-bond acceptors (Lipinski definition) is 3. The molecule has 2 aliphatic rings. The summed E-state index contributed by atoms with van der Waals surface area (Å²) in [6.07, 6.45) is 5.92. The van der Waals surface area contributed by atoms with Crippen LogP contribution in [0.15, 0.2) is 0 Å². The molecule has 1 aliphatic carbocycles. The molecule has 2 unspecified atom stereocenters. The molecule has 15 heavy (non-hydrogen) atoms. The van der Waals surface area contributed by atoms with E-state index < -0.39 is 9.84 Å². The van der Waals surface area contributed by atoms with E-state index in [-0.39, 0.29) is 6.04 Å². The monoisotopic (exact) mass is 231 g/mol. The lowest BCUT2D eigenvalue weighted by atomic mass is 10.1. The third-order valence-corrected chi connectivity index (χ3v) is 5.28. The molecule has 0 aromatic rings. The van der Waals surface area contributed by atoms with Crippen molar-refractivity contribution in [2.75, 3.05) is 11.5 Å². The summed E-state index contributed by atoms with van der Waals surface area (Å²) in [6.45, 7) is 2.18. The molecule has 1 saturated carbocycles. The Balaban J connectivity index is 1.79. The second-order valence-electron chi connectivity index (χ2n) is 5.05. The minimum absolute atomic E-state index is 0.221. The fourth-order valence-electron chi connectivity index (χ4n) is 2.37. The summed E-state index contributed by atoms with van der Waals surface area (Å²) in [6, 6.07) is 0.759. The Hall–Kier alpha value is -0.0900. The minimum atomic E-state index is -2.72. The van der Waals surface area contributed by atoms with Crippen LogP contribution in [0.5, 0.6) is 0 Å². The third kappa shape index (κ3) is 3.45. The molecule has 0 spiro atoms. The molecule has 88 valence electrons. The maximum Gasteiger partial charge on any atom is 0.151 e. The zero-order chi connectivity index (χ0) is 10.9. The second kappa shape index (κ2) is 4.42. The van der Waals surface area contributed by atoms with Crippen LogP contribution in [-0.2, 0) is 9.84 Å². The quantitative estimate of drug-likeness (QED) is 0.776. The molecule has 1 saturated heterocycles. The highest BCUT2D eigenvalue weighted by molar-refractivity contribution is 7.91.